The maximum Gasteiger partial charge on any atom is 0.343 e. The van der Waals surface area contributed by atoms with Gasteiger partial charge in [0.05, 0.1) is 23.1 Å². The second-order valence-electron chi connectivity index (χ2n) is 6.90. The Kier molecular flexibility index (Phi) is 4.83. The minimum atomic E-state index is -0.489. The first-order valence-corrected chi connectivity index (χ1v) is 9.79. The van der Waals surface area contributed by atoms with Crippen molar-refractivity contribution in [3.05, 3.63) is 58.6 Å². The number of benzene rings is 2. The van der Waals surface area contributed by atoms with E-state index in [1.165, 1.54) is 4.90 Å². The quantitative estimate of drug-likeness (QED) is 0.414. The topological polar surface area (TPSA) is 63.7 Å². The fraction of sp³-hybridized carbons (Fsp3) is 0.286. The summed E-state index contributed by atoms with van der Waals surface area (Å²) in [5, 5.41) is 0. The molecule has 2 aliphatic rings. The molecule has 0 aromatic heterocycles. The molecule has 0 bridgehead atoms. The first-order valence-electron chi connectivity index (χ1n) is 9.00. The molecule has 0 N–H and O–H groups in total. The molecule has 1 aliphatic heterocycles. The summed E-state index contributed by atoms with van der Waals surface area (Å²) in [7, 11) is 0. The highest BCUT2D eigenvalue weighted by atomic mass is 79.9. The van der Waals surface area contributed by atoms with Crippen LogP contribution < -0.4 is 9.64 Å². The van der Waals surface area contributed by atoms with E-state index in [1.54, 1.807) is 48.5 Å². The molecule has 2 amide bonds. The minimum absolute atomic E-state index is 0.116. The van der Waals surface area contributed by atoms with Gasteiger partial charge in [0.1, 0.15) is 5.75 Å². The summed E-state index contributed by atoms with van der Waals surface area (Å²) in [6.07, 6.45) is 3.55. The predicted molar refractivity (Wildman–Crippen MR) is 103 cm³/mol. The lowest BCUT2D eigenvalue weighted by atomic mass is 9.81. The average Bonchev–Trinajstić information content (AvgIpc) is 2.95. The molecule has 2 aromatic rings. The van der Waals surface area contributed by atoms with E-state index in [-0.39, 0.29) is 23.7 Å². The molecule has 0 unspecified atom stereocenters. The van der Waals surface area contributed by atoms with Gasteiger partial charge in [0.15, 0.2) is 0 Å². The fourth-order valence-electron chi connectivity index (χ4n) is 3.83. The van der Waals surface area contributed by atoms with E-state index >= 15 is 0 Å². The minimum Gasteiger partial charge on any atom is -0.423 e. The van der Waals surface area contributed by atoms with Crippen LogP contribution in [0.3, 0.4) is 0 Å². The van der Waals surface area contributed by atoms with Gasteiger partial charge in [-0.05, 0) is 61.4 Å². The number of fused-ring (bicyclic) bond motifs is 1. The van der Waals surface area contributed by atoms with E-state index in [4.69, 9.17) is 4.74 Å². The first kappa shape index (κ1) is 17.9. The molecular formula is C21H18BrNO4. The number of amides is 2. The Morgan fingerprint density at radius 3 is 2.00 bits per heavy atom. The van der Waals surface area contributed by atoms with Crippen molar-refractivity contribution >= 4 is 39.4 Å². The van der Waals surface area contributed by atoms with Crippen LogP contribution in [0.15, 0.2) is 53.0 Å². The van der Waals surface area contributed by atoms with E-state index < -0.39 is 5.97 Å². The number of ether oxygens (including phenoxy) is 1. The predicted octanol–water partition coefficient (Wildman–Crippen LogP) is 4.35. The Bertz CT molecular complexity index is 867. The third-order valence-corrected chi connectivity index (χ3v) is 5.76. The highest BCUT2D eigenvalue weighted by Gasteiger charge is 2.48. The lowest BCUT2D eigenvalue weighted by molar-refractivity contribution is -0.122. The van der Waals surface area contributed by atoms with Crippen LogP contribution in [-0.4, -0.2) is 17.8 Å². The average molecular weight is 428 g/mol. The molecule has 27 heavy (non-hydrogen) atoms. The van der Waals surface area contributed by atoms with Gasteiger partial charge in [-0.3, -0.25) is 14.5 Å². The summed E-state index contributed by atoms with van der Waals surface area (Å²) in [4.78, 5) is 38.9. The second-order valence-corrected chi connectivity index (χ2v) is 7.82. The number of rotatable bonds is 3. The van der Waals surface area contributed by atoms with Crippen LogP contribution in [0.2, 0.25) is 0 Å². The Morgan fingerprint density at radius 2 is 1.44 bits per heavy atom. The van der Waals surface area contributed by atoms with Crippen LogP contribution in [0.25, 0.3) is 0 Å². The molecule has 1 aliphatic carbocycles. The van der Waals surface area contributed by atoms with E-state index in [0.29, 0.717) is 17.0 Å². The number of hydrogen-bond donors (Lipinski definition) is 0. The standard InChI is InChI=1S/C21H18BrNO4/c22-14-7-11-16(12-8-14)27-21(26)13-5-9-15(10-6-13)23-19(24)17-3-1-2-4-18(17)20(23)25/h5-12,17-18H,1-4H2/t17-,18+. The Balaban J connectivity index is 1.50. The first-order chi connectivity index (χ1) is 13.0. The summed E-state index contributed by atoms with van der Waals surface area (Å²) in [6, 6.07) is 13.4. The zero-order chi connectivity index (χ0) is 19.0. The van der Waals surface area contributed by atoms with Crippen molar-refractivity contribution in [2.75, 3.05) is 4.90 Å². The largest absolute Gasteiger partial charge is 0.423 e. The number of carbonyl (C=O) groups is 3. The van der Waals surface area contributed by atoms with Gasteiger partial charge in [0.2, 0.25) is 11.8 Å². The van der Waals surface area contributed by atoms with Gasteiger partial charge in [-0.2, -0.15) is 0 Å². The van der Waals surface area contributed by atoms with Crippen molar-refractivity contribution in [3.8, 4) is 5.75 Å². The smallest absolute Gasteiger partial charge is 0.343 e. The van der Waals surface area contributed by atoms with Crippen LogP contribution in [0.5, 0.6) is 5.75 Å². The summed E-state index contributed by atoms with van der Waals surface area (Å²) in [5.74, 6) is -0.649. The molecule has 2 fully saturated rings. The molecule has 2 atom stereocenters. The molecule has 1 saturated heterocycles. The summed E-state index contributed by atoms with van der Waals surface area (Å²) in [5.41, 5.74) is 0.873. The van der Waals surface area contributed by atoms with Crippen molar-refractivity contribution in [2.45, 2.75) is 25.7 Å². The van der Waals surface area contributed by atoms with Gasteiger partial charge in [-0.15, -0.1) is 0 Å². The van der Waals surface area contributed by atoms with Crippen molar-refractivity contribution in [1.82, 2.24) is 0 Å². The van der Waals surface area contributed by atoms with Crippen LogP contribution in [0.4, 0.5) is 5.69 Å². The van der Waals surface area contributed by atoms with Crippen LogP contribution in [-0.2, 0) is 9.59 Å². The molecule has 1 saturated carbocycles. The lowest BCUT2D eigenvalue weighted by Gasteiger charge is -2.19. The van der Waals surface area contributed by atoms with Crippen LogP contribution in [0, 0.1) is 11.8 Å². The van der Waals surface area contributed by atoms with Crippen LogP contribution >= 0.6 is 15.9 Å². The number of esters is 1. The highest BCUT2D eigenvalue weighted by Crippen LogP contribution is 2.40. The number of halogens is 1. The fourth-order valence-corrected chi connectivity index (χ4v) is 4.10. The highest BCUT2D eigenvalue weighted by molar-refractivity contribution is 9.10. The summed E-state index contributed by atoms with van der Waals surface area (Å²) in [6.45, 7) is 0. The summed E-state index contributed by atoms with van der Waals surface area (Å²) >= 11 is 3.33. The normalized spacial score (nSPS) is 21.9. The molecule has 0 spiro atoms. The third kappa shape index (κ3) is 3.41. The lowest BCUT2D eigenvalue weighted by Crippen LogP contribution is -2.30. The van der Waals surface area contributed by atoms with Crippen molar-refractivity contribution < 1.29 is 19.1 Å². The van der Waals surface area contributed by atoms with Gasteiger partial charge in [-0.1, -0.05) is 28.8 Å². The van der Waals surface area contributed by atoms with Crippen molar-refractivity contribution in [3.63, 3.8) is 0 Å². The Hall–Kier alpha value is -2.47. The molecule has 1 heterocycles. The number of anilines is 1. The molecule has 4 rings (SSSR count). The number of carbonyl (C=O) groups excluding carboxylic acids is 3. The molecule has 5 nitrogen and oxygen atoms in total. The number of nitrogens with zero attached hydrogens (tertiary/aromatic N) is 1. The van der Waals surface area contributed by atoms with E-state index in [1.807, 2.05) is 0 Å². The monoisotopic (exact) mass is 427 g/mol. The van der Waals surface area contributed by atoms with Crippen molar-refractivity contribution in [1.29, 1.82) is 0 Å². The van der Waals surface area contributed by atoms with E-state index in [0.717, 1.165) is 30.2 Å². The maximum atomic E-state index is 12.6. The molecular weight excluding hydrogens is 410 g/mol. The molecule has 2 aromatic carbocycles. The third-order valence-electron chi connectivity index (χ3n) is 5.23. The second kappa shape index (κ2) is 7.27. The molecule has 0 radical (unpaired) electrons. The van der Waals surface area contributed by atoms with Gasteiger partial charge in [0, 0.05) is 4.47 Å². The number of imide groups is 1. The Morgan fingerprint density at radius 1 is 0.889 bits per heavy atom. The van der Waals surface area contributed by atoms with E-state index in [2.05, 4.69) is 15.9 Å². The van der Waals surface area contributed by atoms with E-state index in [9.17, 15) is 14.4 Å². The van der Waals surface area contributed by atoms with Gasteiger partial charge in [0.25, 0.3) is 0 Å². The maximum absolute atomic E-state index is 12.6. The van der Waals surface area contributed by atoms with Gasteiger partial charge >= 0.3 is 5.97 Å². The zero-order valence-corrected chi connectivity index (χ0v) is 16.1. The number of hydrogen-bond acceptors (Lipinski definition) is 4. The molecule has 6 heteroatoms. The Labute approximate surface area is 165 Å². The summed E-state index contributed by atoms with van der Waals surface area (Å²) < 4.78 is 6.23. The van der Waals surface area contributed by atoms with Crippen molar-refractivity contribution in [2.24, 2.45) is 11.8 Å². The van der Waals surface area contributed by atoms with Crippen LogP contribution in [0.1, 0.15) is 36.0 Å². The van der Waals surface area contributed by atoms with Gasteiger partial charge < -0.3 is 4.74 Å². The molecule has 138 valence electrons. The zero-order valence-electron chi connectivity index (χ0n) is 14.6. The SMILES string of the molecule is O=C(Oc1ccc(Br)cc1)c1ccc(N2C(=O)[C@H]3CCCC[C@H]3C2=O)cc1. The van der Waals surface area contributed by atoms with Gasteiger partial charge in [-0.25, -0.2) is 4.79 Å².